The molecule has 0 unspecified atom stereocenters. The van der Waals surface area contributed by atoms with Crippen LogP contribution in [0.4, 0.5) is 0 Å². The smallest absolute Gasteiger partial charge is 0.137 e. The largest absolute Gasteiger partial charge is 0.492 e. The maximum Gasteiger partial charge on any atom is 0.137 e. The van der Waals surface area contributed by atoms with Crippen molar-refractivity contribution in [1.29, 1.82) is 0 Å². The van der Waals surface area contributed by atoms with Gasteiger partial charge in [0.15, 0.2) is 0 Å². The Balaban J connectivity index is 1.96. The van der Waals surface area contributed by atoms with Crippen LogP contribution in [-0.2, 0) is 38.6 Å². The van der Waals surface area contributed by atoms with E-state index in [0.29, 0.717) is 72.7 Å². The van der Waals surface area contributed by atoms with Crippen molar-refractivity contribution in [2.45, 2.75) is 169 Å². The number of nitrogens with one attached hydrogen (secondary N) is 2. The van der Waals surface area contributed by atoms with Gasteiger partial charge in [0.25, 0.3) is 0 Å². The minimum absolute atomic E-state index is 0.00614. The van der Waals surface area contributed by atoms with Gasteiger partial charge in [0, 0.05) is 28.8 Å². The van der Waals surface area contributed by atoms with Gasteiger partial charge >= 0.3 is 0 Å². The zero-order chi connectivity index (χ0) is 42.2. The number of hydrogen-bond acceptors (Lipinski definition) is 11. The SMILES string of the molecule is CC(C)(CCC(C)(C)OCCOCCOCCOCCOCCOC(C)(C)CCC(C)(C)NCCCOC(C)(C)C)NCCCOc1ccc(C(C)(C)C)nc1. The van der Waals surface area contributed by atoms with E-state index in [9.17, 15) is 0 Å². The summed E-state index contributed by atoms with van der Waals surface area (Å²) in [6, 6.07) is 4.06. The fourth-order valence-corrected chi connectivity index (χ4v) is 5.54. The molecule has 1 rings (SSSR count). The molecule has 0 fully saturated rings. The molecule has 0 bridgehead atoms. The van der Waals surface area contributed by atoms with Crippen LogP contribution in [0.25, 0.3) is 0 Å². The predicted octanol–water partition coefficient (Wildman–Crippen LogP) is 8.31. The number of hydrogen-bond donors (Lipinski definition) is 2. The molecule has 2 N–H and O–H groups in total. The second-order valence-corrected chi connectivity index (χ2v) is 19.4. The molecule has 0 saturated heterocycles. The molecule has 1 heterocycles. The molecule has 11 nitrogen and oxygen atoms in total. The highest BCUT2D eigenvalue weighted by Crippen LogP contribution is 2.24. The number of nitrogens with zero attached hydrogens (tertiary/aromatic N) is 1. The summed E-state index contributed by atoms with van der Waals surface area (Å²) in [5, 5.41) is 7.34. The van der Waals surface area contributed by atoms with Crippen molar-refractivity contribution in [3.8, 4) is 5.75 Å². The van der Waals surface area contributed by atoms with Crippen LogP contribution in [0.3, 0.4) is 0 Å². The first kappa shape index (κ1) is 52.6. The minimum Gasteiger partial charge on any atom is -0.492 e. The summed E-state index contributed by atoms with van der Waals surface area (Å²) in [4.78, 5) is 4.54. The van der Waals surface area contributed by atoms with E-state index in [1.54, 1.807) is 0 Å². The van der Waals surface area contributed by atoms with Crippen LogP contribution in [0.2, 0.25) is 0 Å². The van der Waals surface area contributed by atoms with Crippen LogP contribution < -0.4 is 15.4 Å². The number of aromatic nitrogens is 1. The quantitative estimate of drug-likeness (QED) is 0.0658. The zero-order valence-corrected chi connectivity index (χ0v) is 38.6. The summed E-state index contributed by atoms with van der Waals surface area (Å²) >= 11 is 0. The lowest BCUT2D eigenvalue weighted by Crippen LogP contribution is -2.42. The van der Waals surface area contributed by atoms with Crippen LogP contribution in [0.15, 0.2) is 18.3 Å². The molecule has 1 aromatic rings. The van der Waals surface area contributed by atoms with Crippen molar-refractivity contribution in [1.82, 2.24) is 15.6 Å². The monoisotopic (exact) mass is 798 g/mol. The third-order valence-corrected chi connectivity index (χ3v) is 9.42. The molecule has 0 aliphatic carbocycles. The highest BCUT2D eigenvalue weighted by molar-refractivity contribution is 5.23. The van der Waals surface area contributed by atoms with E-state index in [4.69, 9.17) is 37.9 Å². The Labute approximate surface area is 343 Å². The first-order chi connectivity index (χ1) is 26.0. The third kappa shape index (κ3) is 29.8. The lowest BCUT2D eigenvalue weighted by Gasteiger charge is -2.32. The Hall–Kier alpha value is -1.41. The van der Waals surface area contributed by atoms with Crippen molar-refractivity contribution >= 4 is 0 Å². The van der Waals surface area contributed by atoms with Crippen molar-refractivity contribution in [3.63, 3.8) is 0 Å². The Morgan fingerprint density at radius 3 is 1.25 bits per heavy atom. The van der Waals surface area contributed by atoms with Gasteiger partial charge in [-0.15, -0.1) is 0 Å². The summed E-state index contributed by atoms with van der Waals surface area (Å²) in [6.45, 7) is 39.0. The van der Waals surface area contributed by atoms with Gasteiger partial charge in [0.05, 0.1) is 95.7 Å². The number of rotatable bonds is 34. The third-order valence-electron chi connectivity index (χ3n) is 9.42. The van der Waals surface area contributed by atoms with Crippen LogP contribution in [0, 0.1) is 0 Å². The van der Waals surface area contributed by atoms with Crippen molar-refractivity contribution in [2.24, 2.45) is 0 Å². The van der Waals surface area contributed by atoms with Gasteiger partial charge in [-0.3, -0.25) is 4.98 Å². The van der Waals surface area contributed by atoms with Crippen molar-refractivity contribution < 1.29 is 37.9 Å². The maximum absolute atomic E-state index is 6.15. The molecule has 0 spiro atoms. The molecular weight excluding hydrogens is 711 g/mol. The maximum atomic E-state index is 6.15. The Bertz CT molecular complexity index is 1110. The molecule has 330 valence electrons. The van der Waals surface area contributed by atoms with Crippen LogP contribution in [0.5, 0.6) is 5.75 Å². The molecule has 11 heteroatoms. The Kier molecular flexibility index (Phi) is 25.0. The fraction of sp³-hybridized carbons (Fsp3) is 0.889. The van der Waals surface area contributed by atoms with Crippen LogP contribution >= 0.6 is 0 Å². The van der Waals surface area contributed by atoms with Crippen molar-refractivity contribution in [2.75, 3.05) is 92.4 Å². The second kappa shape index (κ2) is 26.6. The first-order valence-corrected chi connectivity index (χ1v) is 21.3. The lowest BCUT2D eigenvalue weighted by atomic mass is 9.91. The molecule has 0 aliphatic heterocycles. The van der Waals surface area contributed by atoms with Gasteiger partial charge < -0.3 is 48.5 Å². The molecule has 56 heavy (non-hydrogen) atoms. The Morgan fingerprint density at radius 1 is 0.464 bits per heavy atom. The average molecular weight is 798 g/mol. The van der Waals surface area contributed by atoms with E-state index in [1.807, 2.05) is 18.3 Å². The van der Waals surface area contributed by atoms with E-state index in [2.05, 4.69) is 113 Å². The van der Waals surface area contributed by atoms with Crippen LogP contribution in [0.1, 0.15) is 141 Å². The summed E-state index contributed by atoms with van der Waals surface area (Å²) in [7, 11) is 0. The van der Waals surface area contributed by atoms with E-state index >= 15 is 0 Å². The topological polar surface area (TPSA) is 111 Å². The normalized spacial score (nSPS) is 13.5. The highest BCUT2D eigenvalue weighted by Gasteiger charge is 2.26. The minimum atomic E-state index is -0.226. The summed E-state index contributed by atoms with van der Waals surface area (Å²) in [5.41, 5.74) is 0.661. The molecule has 0 atom stereocenters. The Morgan fingerprint density at radius 2 is 0.875 bits per heavy atom. The summed E-state index contributed by atoms with van der Waals surface area (Å²) in [6.07, 6.45) is 7.70. The zero-order valence-electron chi connectivity index (χ0n) is 38.6. The average Bonchev–Trinajstić information content (AvgIpc) is 3.09. The molecule has 0 radical (unpaired) electrons. The van der Waals surface area contributed by atoms with Gasteiger partial charge in [0.2, 0.25) is 0 Å². The number of pyridine rings is 1. The molecule has 0 saturated carbocycles. The fourth-order valence-electron chi connectivity index (χ4n) is 5.54. The van der Waals surface area contributed by atoms with Crippen LogP contribution in [-0.4, -0.2) is 125 Å². The molecule has 0 aliphatic rings. The molecular formula is C45H87N3O8. The number of ether oxygens (including phenoxy) is 8. The standard InChI is InChI=1S/C45H87N3O8/c1-40(2,3)39-18-17-38(37-46-39)53-25-15-23-47-42(7,8)19-21-44(11,12)55-35-33-51-31-29-49-27-28-50-30-32-52-34-36-56-45(13,14)22-20-43(9,10)48-24-16-26-54-41(4,5)6/h17-18,37,47-48H,15-16,19-36H2,1-14H3. The van der Waals surface area contributed by atoms with E-state index in [0.717, 1.165) is 69.7 Å². The van der Waals surface area contributed by atoms with Gasteiger partial charge in [-0.1, -0.05) is 20.8 Å². The van der Waals surface area contributed by atoms with Gasteiger partial charge in [-0.05, 0) is 140 Å². The van der Waals surface area contributed by atoms with E-state index in [-0.39, 0.29) is 33.3 Å². The predicted molar refractivity (Wildman–Crippen MR) is 229 cm³/mol. The molecule has 1 aromatic heterocycles. The first-order valence-electron chi connectivity index (χ1n) is 21.3. The summed E-state index contributed by atoms with van der Waals surface area (Å²) in [5.74, 6) is 0.821. The molecule has 0 amide bonds. The summed E-state index contributed by atoms with van der Waals surface area (Å²) < 4.78 is 46.7. The van der Waals surface area contributed by atoms with Gasteiger partial charge in [0.1, 0.15) is 5.75 Å². The van der Waals surface area contributed by atoms with Gasteiger partial charge in [-0.2, -0.15) is 0 Å². The van der Waals surface area contributed by atoms with Crippen molar-refractivity contribution in [3.05, 3.63) is 24.0 Å². The highest BCUT2D eigenvalue weighted by atomic mass is 16.6. The van der Waals surface area contributed by atoms with E-state index in [1.165, 1.54) is 0 Å². The van der Waals surface area contributed by atoms with E-state index < -0.39 is 0 Å². The second-order valence-electron chi connectivity index (χ2n) is 19.4. The molecule has 0 aromatic carbocycles. The lowest BCUT2D eigenvalue weighted by molar-refractivity contribution is -0.0645. The van der Waals surface area contributed by atoms with Gasteiger partial charge in [-0.25, -0.2) is 0 Å².